The van der Waals surface area contributed by atoms with Crippen LogP contribution in [-0.4, -0.2) is 40.1 Å². The van der Waals surface area contributed by atoms with E-state index in [2.05, 4.69) is 29.6 Å². The maximum absolute atomic E-state index is 12.4. The van der Waals surface area contributed by atoms with Crippen LogP contribution in [0, 0.1) is 12.8 Å². The first-order valence-electron chi connectivity index (χ1n) is 9.51. The molecule has 0 radical (unpaired) electrons. The number of hydrogen-bond donors (Lipinski definition) is 0. The predicted molar refractivity (Wildman–Crippen MR) is 102 cm³/mol. The molecule has 1 saturated heterocycles. The van der Waals surface area contributed by atoms with Crippen molar-refractivity contribution in [3.05, 3.63) is 48.0 Å². The number of nitrogens with zero attached hydrogens (tertiary/aromatic N) is 3. The van der Waals surface area contributed by atoms with E-state index in [1.807, 2.05) is 42.3 Å². The molecule has 0 unspecified atom stereocenters. The number of benzene rings is 1. The molecular formula is C21H29N3O2. The molecule has 0 saturated carbocycles. The lowest BCUT2D eigenvalue weighted by Crippen LogP contribution is -2.41. The Balaban J connectivity index is 1.45. The predicted octanol–water partition coefficient (Wildman–Crippen LogP) is 3.63. The smallest absolute Gasteiger partial charge is 0.260 e. The number of likely N-dealkylation sites (tertiary alicyclic amines) is 1. The van der Waals surface area contributed by atoms with Gasteiger partial charge in [-0.3, -0.25) is 4.79 Å². The average molecular weight is 355 g/mol. The van der Waals surface area contributed by atoms with Crippen molar-refractivity contribution in [1.82, 2.24) is 14.5 Å². The molecule has 140 valence electrons. The second kappa shape index (κ2) is 8.39. The number of rotatable bonds is 6. The van der Waals surface area contributed by atoms with Gasteiger partial charge in [0.25, 0.3) is 5.91 Å². The van der Waals surface area contributed by atoms with Gasteiger partial charge in [0.2, 0.25) is 0 Å². The van der Waals surface area contributed by atoms with Crippen molar-refractivity contribution in [3.63, 3.8) is 0 Å². The number of hydrogen-bond acceptors (Lipinski definition) is 3. The van der Waals surface area contributed by atoms with Gasteiger partial charge >= 0.3 is 0 Å². The van der Waals surface area contributed by atoms with Gasteiger partial charge in [0, 0.05) is 37.9 Å². The molecule has 2 heterocycles. The van der Waals surface area contributed by atoms with E-state index in [1.54, 1.807) is 0 Å². The van der Waals surface area contributed by atoms with Crippen LogP contribution >= 0.6 is 0 Å². The molecule has 0 bridgehead atoms. The number of carbonyl (C=O) groups excluding carboxylic acids is 1. The third kappa shape index (κ3) is 4.65. The summed E-state index contributed by atoms with van der Waals surface area (Å²) in [7, 11) is 0. The Morgan fingerprint density at radius 1 is 1.23 bits per heavy atom. The van der Waals surface area contributed by atoms with E-state index in [4.69, 9.17) is 4.74 Å². The number of carbonyl (C=O) groups is 1. The Bertz CT molecular complexity index is 713. The Kier molecular flexibility index (Phi) is 5.96. The molecule has 1 aromatic heterocycles. The van der Waals surface area contributed by atoms with Gasteiger partial charge in [0.05, 0.1) is 0 Å². The van der Waals surface area contributed by atoms with Crippen molar-refractivity contribution in [2.75, 3.05) is 19.7 Å². The highest BCUT2D eigenvalue weighted by Crippen LogP contribution is 2.22. The normalized spacial score (nSPS) is 15.5. The average Bonchev–Trinajstić information content (AvgIpc) is 3.10. The number of aryl methyl sites for hydroxylation is 1. The van der Waals surface area contributed by atoms with E-state index in [1.165, 1.54) is 5.56 Å². The van der Waals surface area contributed by atoms with Gasteiger partial charge in [-0.2, -0.15) is 0 Å². The SMILES string of the molecule is Cc1ccc(OCC(=O)N2CCC(Cn3ccnc3C(C)C)CC2)cc1. The Hall–Kier alpha value is -2.30. The summed E-state index contributed by atoms with van der Waals surface area (Å²) in [6.07, 6.45) is 6.02. The van der Waals surface area contributed by atoms with Gasteiger partial charge in [0.15, 0.2) is 6.61 Å². The minimum atomic E-state index is 0.0783. The van der Waals surface area contributed by atoms with Crippen molar-refractivity contribution in [3.8, 4) is 5.75 Å². The van der Waals surface area contributed by atoms with Crippen LogP contribution < -0.4 is 4.74 Å². The van der Waals surface area contributed by atoms with Gasteiger partial charge < -0.3 is 14.2 Å². The van der Waals surface area contributed by atoms with Crippen LogP contribution in [0.1, 0.15) is 44.0 Å². The zero-order valence-corrected chi connectivity index (χ0v) is 16.0. The van der Waals surface area contributed by atoms with Crippen LogP contribution in [0.4, 0.5) is 0 Å². The fourth-order valence-electron chi connectivity index (χ4n) is 3.49. The van der Waals surface area contributed by atoms with E-state index in [-0.39, 0.29) is 12.5 Å². The fourth-order valence-corrected chi connectivity index (χ4v) is 3.49. The molecule has 5 nitrogen and oxygen atoms in total. The van der Waals surface area contributed by atoms with Crippen molar-refractivity contribution in [2.45, 2.75) is 46.1 Å². The zero-order chi connectivity index (χ0) is 18.5. The van der Waals surface area contributed by atoms with Gasteiger partial charge in [0.1, 0.15) is 11.6 Å². The maximum Gasteiger partial charge on any atom is 0.260 e. The molecular weight excluding hydrogens is 326 g/mol. The summed E-state index contributed by atoms with van der Waals surface area (Å²) in [4.78, 5) is 18.8. The number of amides is 1. The molecule has 3 rings (SSSR count). The number of ether oxygens (including phenoxy) is 1. The number of aromatic nitrogens is 2. The second-order valence-corrected chi connectivity index (χ2v) is 7.52. The van der Waals surface area contributed by atoms with E-state index in [9.17, 15) is 4.79 Å². The minimum Gasteiger partial charge on any atom is -0.484 e. The first kappa shape index (κ1) is 18.5. The van der Waals surface area contributed by atoms with Crippen molar-refractivity contribution < 1.29 is 9.53 Å². The molecule has 0 atom stereocenters. The summed E-state index contributed by atoms with van der Waals surface area (Å²) in [5.74, 6) is 3.01. The highest BCUT2D eigenvalue weighted by Gasteiger charge is 2.24. The van der Waals surface area contributed by atoms with Crippen molar-refractivity contribution in [1.29, 1.82) is 0 Å². The molecule has 2 aromatic rings. The molecule has 26 heavy (non-hydrogen) atoms. The third-order valence-corrected chi connectivity index (χ3v) is 5.07. The monoisotopic (exact) mass is 355 g/mol. The van der Waals surface area contributed by atoms with E-state index in [0.29, 0.717) is 11.8 Å². The highest BCUT2D eigenvalue weighted by molar-refractivity contribution is 5.77. The maximum atomic E-state index is 12.4. The number of piperidine rings is 1. The van der Waals surface area contributed by atoms with E-state index < -0.39 is 0 Å². The van der Waals surface area contributed by atoms with Gasteiger partial charge in [-0.05, 0) is 37.8 Å². The van der Waals surface area contributed by atoms with Crippen molar-refractivity contribution >= 4 is 5.91 Å². The largest absolute Gasteiger partial charge is 0.484 e. The summed E-state index contributed by atoms with van der Waals surface area (Å²) >= 11 is 0. The first-order valence-corrected chi connectivity index (χ1v) is 9.51. The molecule has 1 aliphatic heterocycles. The first-order chi connectivity index (χ1) is 12.5. The van der Waals surface area contributed by atoms with Crippen LogP contribution in [-0.2, 0) is 11.3 Å². The standard InChI is InChI=1S/C21H29N3O2/c1-16(2)21-22-10-13-24(21)14-18-8-11-23(12-9-18)20(25)15-26-19-6-4-17(3)5-7-19/h4-7,10,13,16,18H,8-9,11-12,14-15H2,1-3H3. The second-order valence-electron chi connectivity index (χ2n) is 7.52. The van der Waals surface area contributed by atoms with E-state index >= 15 is 0 Å². The van der Waals surface area contributed by atoms with Crippen LogP contribution in [0.2, 0.25) is 0 Å². The summed E-state index contributed by atoms with van der Waals surface area (Å²) in [5, 5.41) is 0. The number of imidazole rings is 1. The van der Waals surface area contributed by atoms with Gasteiger partial charge in [-0.1, -0.05) is 31.5 Å². The molecule has 1 aliphatic rings. The fraction of sp³-hybridized carbons (Fsp3) is 0.524. The summed E-state index contributed by atoms with van der Waals surface area (Å²) in [5.41, 5.74) is 1.18. The molecule has 5 heteroatoms. The Morgan fingerprint density at radius 3 is 2.58 bits per heavy atom. The topological polar surface area (TPSA) is 47.4 Å². The quantitative estimate of drug-likeness (QED) is 0.795. The van der Waals surface area contributed by atoms with Crippen molar-refractivity contribution in [2.24, 2.45) is 5.92 Å². The lowest BCUT2D eigenvalue weighted by Gasteiger charge is -2.32. The van der Waals surface area contributed by atoms with Gasteiger partial charge in [-0.25, -0.2) is 4.98 Å². The molecule has 1 aromatic carbocycles. The van der Waals surface area contributed by atoms with Crippen LogP contribution in [0.3, 0.4) is 0 Å². The zero-order valence-electron chi connectivity index (χ0n) is 16.0. The third-order valence-electron chi connectivity index (χ3n) is 5.07. The summed E-state index contributed by atoms with van der Waals surface area (Å²) < 4.78 is 7.90. The lowest BCUT2D eigenvalue weighted by molar-refractivity contribution is -0.134. The highest BCUT2D eigenvalue weighted by atomic mass is 16.5. The molecule has 0 spiro atoms. The Labute approximate surface area is 156 Å². The van der Waals surface area contributed by atoms with E-state index in [0.717, 1.165) is 44.0 Å². The Morgan fingerprint density at radius 2 is 1.92 bits per heavy atom. The summed E-state index contributed by atoms with van der Waals surface area (Å²) in [6.45, 7) is 9.12. The minimum absolute atomic E-state index is 0.0783. The van der Waals surface area contributed by atoms with Crippen LogP contribution in [0.5, 0.6) is 5.75 Å². The molecule has 0 N–H and O–H groups in total. The molecule has 0 aliphatic carbocycles. The van der Waals surface area contributed by atoms with Gasteiger partial charge in [-0.15, -0.1) is 0 Å². The lowest BCUT2D eigenvalue weighted by atomic mass is 9.96. The summed E-state index contributed by atoms with van der Waals surface area (Å²) in [6, 6.07) is 7.80. The molecule has 1 amide bonds. The molecule has 1 fully saturated rings. The van der Waals surface area contributed by atoms with Crippen LogP contribution in [0.15, 0.2) is 36.7 Å². The van der Waals surface area contributed by atoms with Crippen LogP contribution in [0.25, 0.3) is 0 Å².